The number of aliphatic hydroxyl groups is 1. The minimum Gasteiger partial charge on any atom is -0.491 e. The Bertz CT molecular complexity index is 1800. The monoisotopic (exact) mass is 657 g/mol. The number of allylic oxidation sites excluding steroid dienone is 2. The van der Waals surface area contributed by atoms with Crippen molar-refractivity contribution in [2.24, 2.45) is 23.7 Å². The number of aliphatic hydroxyl groups excluding tert-OH is 1. The summed E-state index contributed by atoms with van der Waals surface area (Å²) in [7, 11) is 0. The van der Waals surface area contributed by atoms with Crippen LogP contribution in [0.15, 0.2) is 84.4 Å². The van der Waals surface area contributed by atoms with Crippen LogP contribution in [0.2, 0.25) is 5.02 Å². The molecule has 47 heavy (non-hydrogen) atoms. The molecule has 0 radical (unpaired) electrons. The normalized spacial score (nSPS) is 28.2. The number of rotatable bonds is 8. The number of nitrogens with zero attached hydrogens (tertiary/aromatic N) is 2. The van der Waals surface area contributed by atoms with Crippen molar-refractivity contribution in [1.82, 2.24) is 9.91 Å². The predicted octanol–water partition coefficient (Wildman–Crippen LogP) is 4.86. The summed E-state index contributed by atoms with van der Waals surface area (Å²) in [6, 6.07) is 19.4. The van der Waals surface area contributed by atoms with Crippen molar-refractivity contribution in [3.8, 4) is 5.75 Å². The maximum atomic E-state index is 15.2. The van der Waals surface area contributed by atoms with Gasteiger partial charge in [-0.05, 0) is 73.7 Å². The lowest BCUT2D eigenvalue weighted by Crippen LogP contribution is -2.53. The van der Waals surface area contributed by atoms with Crippen LogP contribution in [0.1, 0.15) is 36.8 Å². The Morgan fingerprint density at radius 3 is 2.38 bits per heavy atom. The summed E-state index contributed by atoms with van der Waals surface area (Å²) in [6.45, 7) is 1.77. The van der Waals surface area contributed by atoms with Crippen molar-refractivity contribution in [3.63, 3.8) is 0 Å². The van der Waals surface area contributed by atoms with Gasteiger partial charge in [0.2, 0.25) is 11.8 Å². The summed E-state index contributed by atoms with van der Waals surface area (Å²) >= 11 is 6.34. The van der Waals surface area contributed by atoms with E-state index in [-0.39, 0.29) is 38.0 Å². The van der Waals surface area contributed by atoms with E-state index in [0.29, 0.717) is 34.0 Å². The van der Waals surface area contributed by atoms with E-state index in [4.69, 9.17) is 16.3 Å². The minimum absolute atomic E-state index is 0.00213. The molecule has 2 N–H and O–H groups in total. The molecule has 242 valence electrons. The fourth-order valence-electron chi connectivity index (χ4n) is 8.38. The first-order chi connectivity index (χ1) is 22.7. The first-order valence-corrected chi connectivity index (χ1v) is 16.1. The summed E-state index contributed by atoms with van der Waals surface area (Å²) in [6.07, 6.45) is 2.44. The Kier molecular flexibility index (Phi) is 7.88. The van der Waals surface area contributed by atoms with Gasteiger partial charge in [0.05, 0.1) is 35.5 Å². The quantitative estimate of drug-likeness (QED) is 0.263. The lowest BCUT2D eigenvalue weighted by molar-refractivity contribution is -0.141. The number of benzene rings is 3. The number of nitrogens with one attached hydrogen (secondary N) is 1. The van der Waals surface area contributed by atoms with Gasteiger partial charge in [0.25, 0.3) is 11.8 Å². The average molecular weight is 658 g/mol. The van der Waals surface area contributed by atoms with Crippen molar-refractivity contribution in [2.45, 2.75) is 31.1 Å². The van der Waals surface area contributed by atoms with Crippen LogP contribution in [-0.4, -0.2) is 58.4 Å². The number of ether oxygens (including phenoxy) is 1. The average Bonchev–Trinajstić information content (AvgIpc) is 3.45. The van der Waals surface area contributed by atoms with Crippen LogP contribution in [0.5, 0.6) is 5.75 Å². The van der Waals surface area contributed by atoms with Crippen LogP contribution in [-0.2, 0) is 24.6 Å². The van der Waals surface area contributed by atoms with Gasteiger partial charge in [-0.2, -0.15) is 5.01 Å². The Balaban J connectivity index is 1.47. The van der Waals surface area contributed by atoms with Gasteiger partial charge in [0.15, 0.2) is 0 Å². The molecule has 2 saturated heterocycles. The van der Waals surface area contributed by atoms with Crippen molar-refractivity contribution >= 4 is 40.9 Å². The number of hydrazine groups is 1. The highest BCUT2D eigenvalue weighted by Gasteiger charge is 2.70. The van der Waals surface area contributed by atoms with Crippen LogP contribution in [0.25, 0.3) is 0 Å². The largest absolute Gasteiger partial charge is 0.491 e. The zero-order chi connectivity index (χ0) is 33.0. The summed E-state index contributed by atoms with van der Waals surface area (Å²) in [5.41, 5.74) is 3.73. The first kappa shape index (κ1) is 31.1. The molecule has 9 nitrogen and oxygen atoms in total. The smallest absolute Gasteiger partial charge is 0.260 e. The molecule has 3 aromatic carbocycles. The van der Waals surface area contributed by atoms with E-state index < -0.39 is 52.6 Å². The minimum atomic E-state index is -1.52. The molecule has 0 spiro atoms. The Hall–Kier alpha value is -4.54. The van der Waals surface area contributed by atoms with Crippen molar-refractivity contribution in [3.05, 3.63) is 106 Å². The molecule has 6 atom stereocenters. The molecule has 11 heteroatoms. The molecule has 1 saturated carbocycles. The van der Waals surface area contributed by atoms with Gasteiger partial charge in [-0.1, -0.05) is 53.6 Å². The van der Waals surface area contributed by atoms with E-state index in [0.717, 1.165) is 10.6 Å². The lowest BCUT2D eigenvalue weighted by Gasteiger charge is -2.50. The summed E-state index contributed by atoms with van der Waals surface area (Å²) < 4.78 is 19.8. The summed E-state index contributed by atoms with van der Waals surface area (Å²) in [4.78, 5) is 58.3. The number of carbonyl (C=O) groups excluding carboxylic acids is 4. The maximum absolute atomic E-state index is 15.2. The topological polar surface area (TPSA) is 116 Å². The molecule has 3 fully saturated rings. The SMILES string of the molecule is CCN1C(=O)[C@H]2[C@H](CC=C3[C@H]2C[C@H]2C(=O)N(Nc4ccc(F)cc4)C(=O)[C@@]2(c2ccc(Cl)cc2)[C@H]3c2ccccc2OCCO)C1=O. The van der Waals surface area contributed by atoms with E-state index in [1.165, 1.54) is 29.2 Å². The second kappa shape index (κ2) is 11.9. The van der Waals surface area contributed by atoms with E-state index in [9.17, 15) is 23.9 Å². The van der Waals surface area contributed by atoms with Crippen molar-refractivity contribution < 1.29 is 33.4 Å². The molecule has 4 aliphatic rings. The molecule has 3 aromatic rings. The van der Waals surface area contributed by atoms with Crippen LogP contribution in [0.3, 0.4) is 0 Å². The predicted molar refractivity (Wildman–Crippen MR) is 170 cm³/mol. The number of amides is 4. The lowest BCUT2D eigenvalue weighted by atomic mass is 9.49. The number of hydrogen-bond donors (Lipinski definition) is 2. The standard InChI is InChI=1S/C36H33ClFN3O6/c1-2-40-32(43)26-16-15-24-27(30(26)34(40)45)19-28-33(44)41(39-23-13-11-22(38)12-14-23)35(46)36(28,20-7-9-21(37)10-8-20)31(24)25-5-3-4-6-29(25)47-18-17-42/h3-15,26-28,30-31,39,42H,2,16-19H2,1H3/t26-,27+,28-,30-,31+,36+/m0/s1. The van der Waals surface area contributed by atoms with Crippen molar-refractivity contribution in [1.29, 1.82) is 0 Å². The van der Waals surface area contributed by atoms with Crippen LogP contribution in [0.4, 0.5) is 10.1 Å². The Labute approximate surface area is 275 Å². The third-order valence-corrected chi connectivity index (χ3v) is 10.5. The molecule has 0 unspecified atom stereocenters. The molecule has 2 heterocycles. The number of carbonyl (C=O) groups is 4. The van der Waals surface area contributed by atoms with E-state index >= 15 is 4.79 Å². The van der Waals surface area contributed by atoms with Gasteiger partial charge >= 0.3 is 0 Å². The molecule has 4 amide bonds. The Morgan fingerprint density at radius 1 is 0.957 bits per heavy atom. The number of imide groups is 2. The molecule has 2 aliphatic heterocycles. The van der Waals surface area contributed by atoms with E-state index in [1.54, 1.807) is 43.3 Å². The van der Waals surface area contributed by atoms with Gasteiger partial charge in [0.1, 0.15) is 18.2 Å². The maximum Gasteiger partial charge on any atom is 0.260 e. The highest BCUT2D eigenvalue weighted by atomic mass is 35.5. The third kappa shape index (κ3) is 4.68. The highest BCUT2D eigenvalue weighted by Crippen LogP contribution is 2.65. The van der Waals surface area contributed by atoms with Crippen LogP contribution in [0, 0.1) is 29.5 Å². The van der Waals surface area contributed by atoms with Gasteiger partial charge in [0, 0.05) is 23.0 Å². The zero-order valence-corrected chi connectivity index (χ0v) is 26.3. The number of likely N-dealkylation sites (tertiary alicyclic amines) is 1. The number of hydrogen-bond acceptors (Lipinski definition) is 7. The third-order valence-electron chi connectivity index (χ3n) is 10.2. The number of halogens is 2. The molecule has 2 aliphatic carbocycles. The molecule has 0 bridgehead atoms. The second-order valence-corrected chi connectivity index (χ2v) is 12.8. The molecular weight excluding hydrogens is 625 g/mol. The van der Waals surface area contributed by atoms with E-state index in [1.807, 2.05) is 18.2 Å². The summed E-state index contributed by atoms with van der Waals surface area (Å²) in [5, 5.41) is 11.1. The van der Waals surface area contributed by atoms with Gasteiger partial charge < -0.3 is 9.84 Å². The Morgan fingerprint density at radius 2 is 1.68 bits per heavy atom. The number of anilines is 1. The molecular formula is C36H33ClFN3O6. The first-order valence-electron chi connectivity index (χ1n) is 15.8. The van der Waals surface area contributed by atoms with E-state index in [2.05, 4.69) is 5.43 Å². The highest BCUT2D eigenvalue weighted by molar-refractivity contribution is 6.30. The fraction of sp³-hybridized carbons (Fsp3) is 0.333. The zero-order valence-electron chi connectivity index (χ0n) is 25.6. The van der Waals surface area contributed by atoms with Gasteiger partial charge in [-0.25, -0.2) is 4.39 Å². The van der Waals surface area contributed by atoms with Crippen LogP contribution >= 0.6 is 11.6 Å². The fourth-order valence-corrected chi connectivity index (χ4v) is 8.51. The van der Waals surface area contributed by atoms with Crippen LogP contribution < -0.4 is 10.2 Å². The summed E-state index contributed by atoms with van der Waals surface area (Å²) in [5.74, 6) is -5.04. The molecule has 0 aromatic heterocycles. The van der Waals surface area contributed by atoms with Gasteiger partial charge in [-0.3, -0.25) is 29.5 Å². The van der Waals surface area contributed by atoms with Crippen molar-refractivity contribution in [2.75, 3.05) is 25.2 Å². The molecule has 7 rings (SSSR count). The second-order valence-electron chi connectivity index (χ2n) is 12.4. The number of para-hydroxylation sites is 1. The number of fused-ring (bicyclic) bond motifs is 4. The van der Waals surface area contributed by atoms with Gasteiger partial charge in [-0.15, -0.1) is 0 Å².